The second kappa shape index (κ2) is 5.16. The molecular weight excluding hydrogens is 248 g/mol. The zero-order valence-corrected chi connectivity index (χ0v) is 12.3. The maximum absolute atomic E-state index is 11.3. The lowest BCUT2D eigenvalue weighted by molar-refractivity contribution is -0.137. The molecule has 1 N–H and O–H groups in total. The van der Waals surface area contributed by atoms with Gasteiger partial charge in [-0.15, -0.1) is 13.2 Å². The van der Waals surface area contributed by atoms with Gasteiger partial charge in [-0.05, 0) is 50.4 Å². The van der Waals surface area contributed by atoms with Crippen molar-refractivity contribution >= 4 is 0 Å². The van der Waals surface area contributed by atoms with Crippen molar-refractivity contribution in [3.05, 3.63) is 37.5 Å². The zero-order valence-electron chi connectivity index (χ0n) is 12.3. The molecule has 1 aliphatic heterocycles. The Morgan fingerprint density at radius 2 is 2.10 bits per heavy atom. The van der Waals surface area contributed by atoms with Crippen LogP contribution in [0.4, 0.5) is 0 Å². The van der Waals surface area contributed by atoms with Gasteiger partial charge in [0, 0.05) is 6.42 Å². The van der Waals surface area contributed by atoms with Gasteiger partial charge in [-0.25, -0.2) is 0 Å². The van der Waals surface area contributed by atoms with E-state index < -0.39 is 5.60 Å². The van der Waals surface area contributed by atoms with Crippen LogP contribution in [0.2, 0.25) is 0 Å². The Bertz CT molecular complexity index is 427. The number of ether oxygens (including phenoxy) is 1. The molecule has 0 aromatic heterocycles. The minimum absolute atomic E-state index is 0.145. The Kier molecular flexibility index (Phi) is 3.64. The van der Waals surface area contributed by atoms with E-state index in [4.69, 9.17) is 4.74 Å². The van der Waals surface area contributed by atoms with Gasteiger partial charge in [0.15, 0.2) is 0 Å². The smallest absolute Gasteiger partial charge is 0.104 e. The van der Waals surface area contributed by atoms with Crippen molar-refractivity contribution in [1.82, 2.24) is 0 Å². The molecule has 3 aliphatic rings. The molecule has 0 aromatic rings. The minimum atomic E-state index is -0.637. The molecule has 0 aromatic carbocycles. The van der Waals surface area contributed by atoms with E-state index in [-0.39, 0.29) is 11.7 Å². The van der Waals surface area contributed by atoms with Crippen LogP contribution in [-0.4, -0.2) is 22.4 Å². The van der Waals surface area contributed by atoms with Crippen LogP contribution in [0.3, 0.4) is 0 Å². The summed E-state index contributed by atoms with van der Waals surface area (Å²) in [5, 5.41) is 11.3. The van der Waals surface area contributed by atoms with E-state index in [9.17, 15) is 5.11 Å². The van der Waals surface area contributed by atoms with Crippen LogP contribution in [-0.2, 0) is 4.74 Å². The number of hydrogen-bond acceptors (Lipinski definition) is 2. The fourth-order valence-corrected chi connectivity index (χ4v) is 4.87. The first-order chi connectivity index (χ1) is 9.65. The van der Waals surface area contributed by atoms with Crippen molar-refractivity contribution in [2.45, 2.75) is 62.3 Å². The highest BCUT2D eigenvalue weighted by atomic mass is 16.5. The third-order valence-electron chi connectivity index (χ3n) is 5.65. The summed E-state index contributed by atoms with van der Waals surface area (Å²) in [5.41, 5.74) is -0.969. The van der Waals surface area contributed by atoms with Crippen LogP contribution < -0.4 is 0 Å². The second-order valence-corrected chi connectivity index (χ2v) is 6.74. The fraction of sp³-hybridized carbons (Fsp3) is 0.667. The summed E-state index contributed by atoms with van der Waals surface area (Å²) in [6, 6.07) is 0. The van der Waals surface area contributed by atoms with E-state index in [0.29, 0.717) is 11.8 Å². The van der Waals surface area contributed by atoms with Crippen LogP contribution in [0.15, 0.2) is 37.5 Å². The normalized spacial score (nSPS) is 46.0. The van der Waals surface area contributed by atoms with Gasteiger partial charge in [-0.3, -0.25) is 0 Å². The summed E-state index contributed by atoms with van der Waals surface area (Å²) in [6.07, 6.45) is 15.1. The summed E-state index contributed by atoms with van der Waals surface area (Å²) < 4.78 is 6.43. The van der Waals surface area contributed by atoms with Gasteiger partial charge in [-0.1, -0.05) is 24.3 Å². The lowest BCUT2D eigenvalue weighted by Gasteiger charge is -2.41. The molecule has 2 nitrogen and oxygen atoms in total. The maximum atomic E-state index is 11.3. The van der Waals surface area contributed by atoms with Crippen LogP contribution in [0.1, 0.15) is 44.9 Å². The number of aliphatic hydroxyl groups is 1. The summed E-state index contributed by atoms with van der Waals surface area (Å²) >= 11 is 0. The SMILES string of the molecule is C=CCC[C@@H]1C[C@]2(O)C[C@H](CC=C)O[C@@]23CC=CC[C@H]13. The molecule has 5 atom stereocenters. The highest BCUT2D eigenvalue weighted by Gasteiger charge is 2.68. The average Bonchev–Trinajstić information content (AvgIpc) is 2.81. The Hall–Kier alpha value is -0.860. The van der Waals surface area contributed by atoms with E-state index in [1.165, 1.54) is 0 Å². The molecule has 1 saturated carbocycles. The standard InChI is InChI=1S/C18H26O2/c1-3-5-9-14-12-17(19)13-15(8-4-2)20-18(17)11-7-6-10-16(14)18/h3-4,6-7,14-16,19H,1-2,5,8-13H2/t14-,15+,16-,17+,18-/m1/s1. The molecule has 2 fully saturated rings. The molecule has 1 saturated heterocycles. The average molecular weight is 274 g/mol. The Morgan fingerprint density at radius 3 is 2.85 bits per heavy atom. The first-order valence-corrected chi connectivity index (χ1v) is 7.92. The fourth-order valence-electron chi connectivity index (χ4n) is 4.87. The van der Waals surface area contributed by atoms with Gasteiger partial charge in [0.25, 0.3) is 0 Å². The quantitative estimate of drug-likeness (QED) is 0.773. The molecule has 2 aliphatic carbocycles. The predicted molar refractivity (Wildman–Crippen MR) is 81.4 cm³/mol. The largest absolute Gasteiger partial charge is 0.387 e. The van der Waals surface area contributed by atoms with Gasteiger partial charge in [-0.2, -0.15) is 0 Å². The lowest BCUT2D eigenvalue weighted by atomic mass is 9.73. The van der Waals surface area contributed by atoms with Gasteiger partial charge in [0.05, 0.1) is 11.7 Å². The summed E-state index contributed by atoms with van der Waals surface area (Å²) in [6.45, 7) is 7.64. The molecule has 0 bridgehead atoms. The molecule has 0 radical (unpaired) electrons. The topological polar surface area (TPSA) is 29.5 Å². The number of hydrogen-bond donors (Lipinski definition) is 1. The molecule has 3 rings (SSSR count). The van der Waals surface area contributed by atoms with Crippen molar-refractivity contribution < 1.29 is 9.84 Å². The Morgan fingerprint density at radius 1 is 1.25 bits per heavy atom. The summed E-state index contributed by atoms with van der Waals surface area (Å²) in [7, 11) is 0. The van der Waals surface area contributed by atoms with Crippen molar-refractivity contribution in [2.75, 3.05) is 0 Å². The van der Waals surface area contributed by atoms with E-state index >= 15 is 0 Å². The first kappa shape index (κ1) is 14.1. The molecule has 0 amide bonds. The second-order valence-electron chi connectivity index (χ2n) is 6.74. The van der Waals surface area contributed by atoms with Crippen molar-refractivity contribution in [3.63, 3.8) is 0 Å². The summed E-state index contributed by atoms with van der Waals surface area (Å²) in [5.74, 6) is 1.03. The predicted octanol–water partition coefficient (Wildman–Crippen LogP) is 3.77. The zero-order chi connectivity index (χ0) is 14.2. The van der Waals surface area contributed by atoms with Gasteiger partial charge < -0.3 is 9.84 Å². The minimum Gasteiger partial charge on any atom is -0.387 e. The van der Waals surface area contributed by atoms with Crippen molar-refractivity contribution in [1.29, 1.82) is 0 Å². The van der Waals surface area contributed by atoms with E-state index in [2.05, 4.69) is 25.3 Å². The monoisotopic (exact) mass is 274 g/mol. The molecular formula is C18H26O2. The summed E-state index contributed by atoms with van der Waals surface area (Å²) in [4.78, 5) is 0. The molecule has 2 heteroatoms. The highest BCUT2D eigenvalue weighted by molar-refractivity contribution is 5.23. The van der Waals surface area contributed by atoms with Crippen LogP contribution in [0.25, 0.3) is 0 Å². The Balaban J connectivity index is 1.87. The first-order valence-electron chi connectivity index (χ1n) is 7.92. The van der Waals surface area contributed by atoms with Gasteiger partial charge >= 0.3 is 0 Å². The van der Waals surface area contributed by atoms with Crippen molar-refractivity contribution in [3.8, 4) is 0 Å². The van der Waals surface area contributed by atoms with Gasteiger partial charge in [0.1, 0.15) is 5.60 Å². The molecule has 110 valence electrons. The highest BCUT2D eigenvalue weighted by Crippen LogP contribution is 2.61. The van der Waals surface area contributed by atoms with Crippen molar-refractivity contribution in [2.24, 2.45) is 11.8 Å². The van der Waals surface area contributed by atoms with Crippen LogP contribution in [0, 0.1) is 11.8 Å². The van der Waals surface area contributed by atoms with E-state index in [1.54, 1.807) is 0 Å². The third-order valence-corrected chi connectivity index (χ3v) is 5.65. The molecule has 1 spiro atoms. The van der Waals surface area contributed by atoms with Crippen LogP contribution in [0.5, 0.6) is 0 Å². The van der Waals surface area contributed by atoms with E-state index in [1.807, 2.05) is 12.2 Å². The maximum Gasteiger partial charge on any atom is 0.104 e. The molecule has 1 heterocycles. The van der Waals surface area contributed by atoms with E-state index in [0.717, 1.165) is 44.9 Å². The lowest BCUT2D eigenvalue weighted by Crippen LogP contribution is -2.51. The molecule has 20 heavy (non-hydrogen) atoms. The van der Waals surface area contributed by atoms with Gasteiger partial charge in [0.2, 0.25) is 0 Å². The van der Waals surface area contributed by atoms with Crippen LogP contribution >= 0.6 is 0 Å². The number of allylic oxidation sites excluding steroid dienone is 2. The third kappa shape index (κ3) is 1.93. The molecule has 0 unspecified atom stereocenters. The number of rotatable bonds is 5. The Labute approximate surface area is 122 Å².